The second kappa shape index (κ2) is 3.52. The van der Waals surface area contributed by atoms with Crippen LogP contribution in [0.15, 0.2) is 22.6 Å². The van der Waals surface area contributed by atoms with Gasteiger partial charge in [-0.2, -0.15) is 0 Å². The van der Waals surface area contributed by atoms with Gasteiger partial charge in [0.15, 0.2) is 5.22 Å². The fourth-order valence-electron chi connectivity index (χ4n) is 1.42. The van der Waals surface area contributed by atoms with Gasteiger partial charge in [-0.1, -0.05) is 0 Å². The van der Waals surface area contributed by atoms with Crippen LogP contribution in [0.5, 0.6) is 5.75 Å². The lowest BCUT2D eigenvalue weighted by Gasteiger charge is -2.03. The second-order valence-electron chi connectivity index (χ2n) is 2.96. The van der Waals surface area contributed by atoms with Crippen LogP contribution in [-0.4, -0.2) is 7.11 Å². The van der Waals surface area contributed by atoms with Crippen LogP contribution in [0.4, 0.5) is 0 Å². The molecule has 0 saturated carbocycles. The molecular weight excluding hydrogens is 202 g/mol. The smallest absolute Gasteiger partial charge is 0.194 e. The number of benzene rings is 1. The zero-order valence-corrected chi connectivity index (χ0v) is 8.47. The Hall–Kier alpha value is -1.19. The molecule has 4 heteroatoms. The summed E-state index contributed by atoms with van der Waals surface area (Å²) in [5.74, 6) is 0.735. The van der Waals surface area contributed by atoms with Crippen molar-refractivity contribution in [2.24, 2.45) is 5.73 Å². The van der Waals surface area contributed by atoms with Crippen LogP contribution >= 0.6 is 11.6 Å². The van der Waals surface area contributed by atoms with E-state index in [1.54, 1.807) is 13.2 Å². The van der Waals surface area contributed by atoms with Gasteiger partial charge in [0.1, 0.15) is 11.3 Å². The zero-order chi connectivity index (χ0) is 10.1. The lowest BCUT2D eigenvalue weighted by molar-refractivity contribution is 0.419. The first-order valence-corrected chi connectivity index (χ1v) is 4.58. The first-order valence-electron chi connectivity index (χ1n) is 4.20. The molecule has 74 valence electrons. The van der Waals surface area contributed by atoms with Crippen molar-refractivity contribution in [1.29, 1.82) is 0 Å². The molecule has 2 N–H and O–H groups in total. The van der Waals surface area contributed by atoms with E-state index in [0.29, 0.717) is 17.3 Å². The summed E-state index contributed by atoms with van der Waals surface area (Å²) in [6, 6.07) is 5.48. The molecule has 0 atom stereocenters. The number of ether oxygens (including phenoxy) is 1. The normalized spacial score (nSPS) is 10.8. The maximum atomic E-state index is 5.75. The van der Waals surface area contributed by atoms with Gasteiger partial charge in [0, 0.05) is 12.6 Å². The Morgan fingerprint density at radius 2 is 2.21 bits per heavy atom. The van der Waals surface area contributed by atoms with E-state index in [2.05, 4.69) is 0 Å². The fraction of sp³-hybridized carbons (Fsp3) is 0.200. The molecule has 0 spiro atoms. The van der Waals surface area contributed by atoms with E-state index < -0.39 is 0 Å². The Morgan fingerprint density at radius 3 is 2.86 bits per heavy atom. The Labute approximate surface area is 86.4 Å². The molecule has 0 saturated heterocycles. The predicted octanol–water partition coefficient (Wildman–Crippen LogP) is 2.55. The first-order chi connectivity index (χ1) is 6.74. The van der Waals surface area contributed by atoms with Gasteiger partial charge in [-0.05, 0) is 29.3 Å². The lowest BCUT2D eigenvalue weighted by atomic mass is 10.1. The Kier molecular flexibility index (Phi) is 2.35. The molecule has 0 aliphatic carbocycles. The maximum Gasteiger partial charge on any atom is 0.194 e. The lowest BCUT2D eigenvalue weighted by Crippen LogP contribution is -1.96. The number of halogens is 1. The number of furan rings is 1. The van der Waals surface area contributed by atoms with Crippen molar-refractivity contribution < 1.29 is 9.15 Å². The second-order valence-corrected chi connectivity index (χ2v) is 3.34. The van der Waals surface area contributed by atoms with Crippen LogP contribution in [0.25, 0.3) is 11.0 Å². The Bertz CT molecular complexity index is 464. The molecule has 0 unspecified atom stereocenters. The highest BCUT2D eigenvalue weighted by atomic mass is 35.5. The van der Waals surface area contributed by atoms with Gasteiger partial charge in [-0.25, -0.2) is 0 Å². The molecular formula is C10H10ClNO2. The number of hydrogen-bond acceptors (Lipinski definition) is 3. The summed E-state index contributed by atoms with van der Waals surface area (Å²) in [7, 11) is 1.61. The summed E-state index contributed by atoms with van der Waals surface area (Å²) < 4.78 is 10.5. The van der Waals surface area contributed by atoms with E-state index in [1.165, 1.54) is 0 Å². The van der Waals surface area contributed by atoms with E-state index in [1.807, 2.05) is 12.1 Å². The monoisotopic (exact) mass is 211 g/mol. The van der Waals surface area contributed by atoms with Crippen LogP contribution < -0.4 is 10.5 Å². The van der Waals surface area contributed by atoms with Crippen LogP contribution in [0, 0.1) is 0 Å². The highest BCUT2D eigenvalue weighted by molar-refractivity contribution is 6.29. The minimum absolute atomic E-state index is 0.354. The van der Waals surface area contributed by atoms with Crippen molar-refractivity contribution in [3.05, 3.63) is 29.0 Å². The van der Waals surface area contributed by atoms with Crippen molar-refractivity contribution in [3.8, 4) is 5.75 Å². The van der Waals surface area contributed by atoms with Gasteiger partial charge >= 0.3 is 0 Å². The standard InChI is InChI=1S/C10H10ClNO2/c1-13-8-2-6(5-12)3-9-7(8)4-10(11)14-9/h2-4H,5,12H2,1H3. The van der Waals surface area contributed by atoms with E-state index >= 15 is 0 Å². The average molecular weight is 212 g/mol. The van der Waals surface area contributed by atoms with Crippen LogP contribution in [-0.2, 0) is 6.54 Å². The Morgan fingerprint density at radius 1 is 1.43 bits per heavy atom. The van der Waals surface area contributed by atoms with Gasteiger partial charge in [-0.3, -0.25) is 0 Å². The first kappa shape index (κ1) is 9.37. The largest absolute Gasteiger partial charge is 0.496 e. The zero-order valence-electron chi connectivity index (χ0n) is 7.71. The van der Waals surface area contributed by atoms with Gasteiger partial charge in [0.25, 0.3) is 0 Å². The number of methoxy groups -OCH3 is 1. The molecule has 0 amide bonds. The molecule has 2 rings (SSSR count). The highest BCUT2D eigenvalue weighted by Gasteiger charge is 2.08. The summed E-state index contributed by atoms with van der Waals surface area (Å²) in [5, 5.41) is 1.22. The van der Waals surface area contributed by atoms with E-state index in [4.69, 9.17) is 26.5 Å². The van der Waals surface area contributed by atoms with Gasteiger partial charge in [0.2, 0.25) is 0 Å². The third-order valence-corrected chi connectivity index (χ3v) is 2.27. The maximum absolute atomic E-state index is 5.75. The number of nitrogens with two attached hydrogens (primary N) is 1. The predicted molar refractivity (Wildman–Crippen MR) is 55.7 cm³/mol. The minimum Gasteiger partial charge on any atom is -0.496 e. The molecule has 1 aromatic carbocycles. The van der Waals surface area contributed by atoms with Crippen LogP contribution in [0.1, 0.15) is 5.56 Å². The molecule has 0 aliphatic heterocycles. The van der Waals surface area contributed by atoms with Crippen LogP contribution in [0.2, 0.25) is 5.22 Å². The number of rotatable bonds is 2. The van der Waals surface area contributed by atoms with Crippen molar-refractivity contribution in [2.75, 3.05) is 7.11 Å². The third-order valence-electron chi connectivity index (χ3n) is 2.08. The molecule has 14 heavy (non-hydrogen) atoms. The molecule has 2 aromatic rings. The van der Waals surface area contributed by atoms with Gasteiger partial charge in [0.05, 0.1) is 12.5 Å². The topological polar surface area (TPSA) is 48.4 Å². The minimum atomic E-state index is 0.354. The molecule has 0 bridgehead atoms. The molecule has 1 aromatic heterocycles. The summed E-state index contributed by atoms with van der Waals surface area (Å²) in [4.78, 5) is 0. The quantitative estimate of drug-likeness (QED) is 0.831. The van der Waals surface area contributed by atoms with Gasteiger partial charge < -0.3 is 14.9 Å². The highest BCUT2D eigenvalue weighted by Crippen LogP contribution is 2.32. The molecule has 0 fully saturated rings. The molecule has 3 nitrogen and oxygen atoms in total. The average Bonchev–Trinajstić information content (AvgIpc) is 2.56. The Balaban J connectivity index is 2.72. The van der Waals surface area contributed by atoms with Crippen molar-refractivity contribution in [3.63, 3.8) is 0 Å². The third kappa shape index (κ3) is 1.45. The fourth-order valence-corrected chi connectivity index (χ4v) is 1.61. The molecule has 0 aliphatic rings. The van der Waals surface area contributed by atoms with E-state index in [-0.39, 0.29) is 0 Å². The number of fused-ring (bicyclic) bond motifs is 1. The molecule has 0 radical (unpaired) electrons. The molecule has 1 heterocycles. The van der Waals surface area contributed by atoms with E-state index in [9.17, 15) is 0 Å². The van der Waals surface area contributed by atoms with Gasteiger partial charge in [-0.15, -0.1) is 0 Å². The summed E-state index contributed by atoms with van der Waals surface area (Å²) >= 11 is 5.75. The van der Waals surface area contributed by atoms with Crippen molar-refractivity contribution >= 4 is 22.6 Å². The van der Waals surface area contributed by atoms with Crippen LogP contribution in [0.3, 0.4) is 0 Å². The van der Waals surface area contributed by atoms with Crippen molar-refractivity contribution in [2.45, 2.75) is 6.54 Å². The SMILES string of the molecule is COc1cc(CN)cc2oc(Cl)cc12. The summed E-state index contributed by atoms with van der Waals surface area (Å²) in [6.07, 6.45) is 0. The number of hydrogen-bond donors (Lipinski definition) is 1. The summed E-state index contributed by atoms with van der Waals surface area (Å²) in [6.45, 7) is 0.449. The van der Waals surface area contributed by atoms with E-state index in [0.717, 1.165) is 16.7 Å². The van der Waals surface area contributed by atoms with Crippen molar-refractivity contribution in [1.82, 2.24) is 0 Å². The summed E-state index contributed by atoms with van der Waals surface area (Å²) in [5.41, 5.74) is 7.20.